The molecular weight excluding hydrogens is 546 g/mol. The summed E-state index contributed by atoms with van der Waals surface area (Å²) in [5.74, 6) is -9.07. The van der Waals surface area contributed by atoms with Crippen LogP contribution in [0, 0.1) is 16.7 Å². The van der Waals surface area contributed by atoms with Crippen LogP contribution < -0.4 is 10.6 Å². The molecule has 4 aliphatic rings. The number of nitroso groups, excluding NO2 is 1. The number of aromatic hydroxyl groups is 1. The fourth-order valence-electron chi connectivity index (χ4n) is 7.62. The first kappa shape index (κ1) is 29.7. The highest BCUT2D eigenvalue weighted by Gasteiger charge is 2.69. The number of likely N-dealkylation sites (tertiary alicyclic amines) is 1. The monoisotopic (exact) mass is 583 g/mol. The fraction of sp³-hybridized carbons (Fsp3) is 0.552. The number of phenolic OH excluding ortho intramolecular Hbond substituents is 1. The molecule has 1 heterocycles. The number of primary amides is 1. The van der Waals surface area contributed by atoms with Crippen molar-refractivity contribution in [3.8, 4) is 5.75 Å². The van der Waals surface area contributed by atoms with Gasteiger partial charge in [-0.25, -0.2) is 0 Å². The number of piperidine rings is 1. The molecule has 1 aromatic rings. The van der Waals surface area contributed by atoms with Crippen LogP contribution in [0.5, 0.6) is 5.75 Å². The van der Waals surface area contributed by atoms with Crippen LogP contribution >= 0.6 is 0 Å². The van der Waals surface area contributed by atoms with E-state index < -0.39 is 75.6 Å². The van der Waals surface area contributed by atoms with Gasteiger partial charge in [-0.15, -0.1) is 4.91 Å². The summed E-state index contributed by atoms with van der Waals surface area (Å²) in [6, 6.07) is 2.20. The molecule has 1 saturated heterocycles. The molecule has 1 fully saturated rings. The summed E-state index contributed by atoms with van der Waals surface area (Å²) in [5, 5.41) is 48.9. The molecule has 0 aromatic heterocycles. The minimum absolute atomic E-state index is 0.106. The highest BCUT2D eigenvalue weighted by atomic mass is 16.3. The highest BCUT2D eigenvalue weighted by Crippen LogP contribution is 2.57. The zero-order valence-corrected chi connectivity index (χ0v) is 24.2. The van der Waals surface area contributed by atoms with Gasteiger partial charge >= 0.3 is 0 Å². The van der Waals surface area contributed by atoms with Gasteiger partial charge in [0, 0.05) is 24.6 Å². The molecule has 0 saturated carbocycles. The SMILES string of the molecule is C[C@H]1c2ccc(N(C)C3CCN(C)CC3)c(O)c2C(=O)C2=C(O)[C@]3(N=O)C(=O)C(C(N)=O)=C(O)[C@@H](N(C)C)[C@@H]3[C@@H](O)[C@@H]21. The van der Waals surface area contributed by atoms with Gasteiger partial charge in [-0.3, -0.25) is 19.3 Å². The molecule has 226 valence electrons. The van der Waals surface area contributed by atoms with Crippen molar-refractivity contribution < 1.29 is 34.8 Å². The number of Topliss-reactive ketones (excluding diaryl/α,β-unsaturated/α-hetero) is 2. The number of anilines is 1. The number of aliphatic hydroxyl groups excluding tert-OH is 3. The number of rotatable bonds is 5. The Bertz CT molecular complexity index is 1450. The standard InChI is InChI=1S/C29H37N5O8/c1-12-14-6-7-15(34(5)13-8-10-33(4)11-9-13)22(35)17(14)23(36)18-16(12)24(37)20-21(32(2)3)25(38)19(28(30)41)27(40)29(20,31-42)26(18)39/h6-7,12-13,16,20-21,24,35,37-39H,8-11H2,1-5H3,(H2,30,41)/t12-,16+,20+,21-,24-,29-/m0/s1. The van der Waals surface area contributed by atoms with Gasteiger partial charge in [0.05, 0.1) is 29.3 Å². The Hall–Kier alpha value is -3.81. The lowest BCUT2D eigenvalue weighted by Crippen LogP contribution is -2.67. The van der Waals surface area contributed by atoms with Gasteiger partial charge in [0.1, 0.15) is 22.8 Å². The molecule has 0 bridgehead atoms. The van der Waals surface area contributed by atoms with Crippen molar-refractivity contribution in [3.05, 3.63) is 50.8 Å². The number of nitrogens with zero attached hydrogens (tertiary/aromatic N) is 4. The third kappa shape index (κ3) is 3.83. The first-order valence-electron chi connectivity index (χ1n) is 13.9. The summed E-state index contributed by atoms with van der Waals surface area (Å²) >= 11 is 0. The summed E-state index contributed by atoms with van der Waals surface area (Å²) in [7, 11) is 6.84. The number of likely N-dealkylation sites (N-methyl/N-ethyl adjacent to an activating group) is 1. The number of ketones is 2. The fourth-order valence-corrected chi connectivity index (χ4v) is 7.62. The number of carbonyl (C=O) groups is 3. The van der Waals surface area contributed by atoms with Gasteiger partial charge in [0.2, 0.25) is 11.3 Å². The van der Waals surface area contributed by atoms with Crippen LogP contribution in [0.3, 0.4) is 0 Å². The van der Waals surface area contributed by atoms with Crippen LogP contribution in [-0.4, -0.2) is 113 Å². The zero-order valence-electron chi connectivity index (χ0n) is 24.2. The Balaban J connectivity index is 1.71. The number of hydrogen-bond acceptors (Lipinski definition) is 12. The van der Waals surface area contributed by atoms with Crippen molar-refractivity contribution >= 4 is 23.2 Å². The summed E-state index contributed by atoms with van der Waals surface area (Å²) in [5.41, 5.74) is 1.92. The highest BCUT2D eigenvalue weighted by molar-refractivity contribution is 6.25. The van der Waals surface area contributed by atoms with Crippen LogP contribution in [0.2, 0.25) is 0 Å². The van der Waals surface area contributed by atoms with Crippen molar-refractivity contribution in [1.82, 2.24) is 9.80 Å². The van der Waals surface area contributed by atoms with E-state index in [1.54, 1.807) is 19.1 Å². The largest absolute Gasteiger partial charge is 0.510 e. The maximum Gasteiger partial charge on any atom is 0.255 e. The quantitative estimate of drug-likeness (QED) is 0.244. The Morgan fingerprint density at radius 1 is 1.12 bits per heavy atom. The van der Waals surface area contributed by atoms with E-state index in [1.165, 1.54) is 19.0 Å². The van der Waals surface area contributed by atoms with E-state index in [0.29, 0.717) is 11.3 Å². The van der Waals surface area contributed by atoms with E-state index in [1.807, 2.05) is 19.0 Å². The molecule has 0 radical (unpaired) electrons. The van der Waals surface area contributed by atoms with E-state index >= 15 is 0 Å². The van der Waals surface area contributed by atoms with Crippen LogP contribution in [0.25, 0.3) is 0 Å². The van der Waals surface area contributed by atoms with Crippen LogP contribution in [0.4, 0.5) is 5.69 Å². The lowest BCUT2D eigenvalue weighted by Gasteiger charge is -2.52. The van der Waals surface area contributed by atoms with Gasteiger partial charge in [-0.1, -0.05) is 13.0 Å². The van der Waals surface area contributed by atoms with Crippen molar-refractivity contribution in [2.24, 2.45) is 22.7 Å². The van der Waals surface area contributed by atoms with Crippen LogP contribution in [0.1, 0.15) is 41.6 Å². The summed E-state index contributed by atoms with van der Waals surface area (Å²) in [6.45, 7) is 3.45. The van der Waals surface area contributed by atoms with E-state index in [9.17, 15) is 39.7 Å². The smallest absolute Gasteiger partial charge is 0.255 e. The second-order valence-electron chi connectivity index (χ2n) is 12.2. The Morgan fingerprint density at radius 2 is 1.74 bits per heavy atom. The molecule has 5 rings (SSSR count). The first-order chi connectivity index (χ1) is 19.7. The third-order valence-corrected chi connectivity index (χ3v) is 9.87. The first-order valence-corrected chi connectivity index (χ1v) is 13.9. The zero-order chi connectivity index (χ0) is 31.0. The number of hydrogen-bond donors (Lipinski definition) is 5. The molecule has 1 aliphatic heterocycles. The molecular formula is C29H37N5O8. The maximum absolute atomic E-state index is 14.2. The Kier molecular flexibility index (Phi) is 7.19. The average Bonchev–Trinajstić information content (AvgIpc) is 2.93. The van der Waals surface area contributed by atoms with Crippen molar-refractivity contribution in [2.45, 2.75) is 49.4 Å². The number of fused-ring (bicyclic) bond motifs is 3. The lowest BCUT2D eigenvalue weighted by molar-refractivity contribution is -0.134. The third-order valence-electron chi connectivity index (χ3n) is 9.87. The summed E-state index contributed by atoms with van der Waals surface area (Å²) < 4.78 is 0. The van der Waals surface area contributed by atoms with Gasteiger partial charge < -0.3 is 36.0 Å². The molecule has 6 atom stereocenters. The predicted octanol–water partition coefficient (Wildman–Crippen LogP) is 0.957. The minimum atomic E-state index is -2.82. The molecule has 1 amide bonds. The number of amides is 1. The predicted molar refractivity (Wildman–Crippen MR) is 152 cm³/mol. The van der Waals surface area contributed by atoms with E-state index in [0.717, 1.165) is 25.9 Å². The van der Waals surface area contributed by atoms with Crippen LogP contribution in [-0.2, 0) is 9.59 Å². The van der Waals surface area contributed by atoms with E-state index in [-0.39, 0.29) is 17.4 Å². The van der Waals surface area contributed by atoms with Crippen LogP contribution in [0.15, 0.2) is 40.0 Å². The average molecular weight is 584 g/mol. The second-order valence-corrected chi connectivity index (χ2v) is 12.2. The second kappa shape index (κ2) is 10.2. The lowest BCUT2D eigenvalue weighted by atomic mass is 9.54. The molecule has 6 N–H and O–H groups in total. The topological polar surface area (TPSA) is 197 Å². The van der Waals surface area contributed by atoms with Crippen molar-refractivity contribution in [2.75, 3.05) is 46.2 Å². The van der Waals surface area contributed by atoms with Crippen molar-refractivity contribution in [3.63, 3.8) is 0 Å². The van der Waals surface area contributed by atoms with Gasteiger partial charge in [0.15, 0.2) is 5.78 Å². The molecule has 0 spiro atoms. The molecule has 0 unspecified atom stereocenters. The van der Waals surface area contributed by atoms with Gasteiger partial charge in [-0.05, 0) is 69.8 Å². The van der Waals surface area contributed by atoms with Gasteiger partial charge in [0.25, 0.3) is 5.91 Å². The van der Waals surface area contributed by atoms with E-state index in [2.05, 4.69) is 10.1 Å². The number of carbonyl (C=O) groups excluding carboxylic acids is 3. The van der Waals surface area contributed by atoms with Crippen molar-refractivity contribution in [1.29, 1.82) is 0 Å². The van der Waals surface area contributed by atoms with Gasteiger partial charge in [-0.2, -0.15) is 0 Å². The molecule has 1 aromatic carbocycles. The Labute approximate surface area is 242 Å². The number of nitrogens with two attached hydrogens (primary N) is 1. The molecule has 3 aliphatic carbocycles. The number of phenols is 1. The maximum atomic E-state index is 14.2. The Morgan fingerprint density at radius 3 is 2.29 bits per heavy atom. The number of aliphatic hydroxyl groups is 3. The summed E-state index contributed by atoms with van der Waals surface area (Å²) in [6.07, 6.45) is 0.0406. The minimum Gasteiger partial charge on any atom is -0.510 e. The molecule has 13 nitrogen and oxygen atoms in total. The number of benzene rings is 1. The molecule has 42 heavy (non-hydrogen) atoms. The summed E-state index contributed by atoms with van der Waals surface area (Å²) in [4.78, 5) is 58.3. The van der Waals surface area contributed by atoms with E-state index in [4.69, 9.17) is 5.73 Å². The normalized spacial score (nSPS) is 32.0. The molecule has 13 heteroatoms.